The van der Waals surface area contributed by atoms with Crippen LogP contribution in [0, 0.1) is 0 Å². The first-order valence-corrected chi connectivity index (χ1v) is 4.23. The van der Waals surface area contributed by atoms with Crippen molar-refractivity contribution in [3.63, 3.8) is 0 Å². The lowest BCUT2D eigenvalue weighted by molar-refractivity contribution is 0.0434. The van der Waals surface area contributed by atoms with Gasteiger partial charge in [0.25, 0.3) is 0 Å². The Labute approximate surface area is 68.6 Å². The molecule has 0 aromatic heterocycles. The Hall–Kier alpha value is -0.340. The van der Waals surface area contributed by atoms with Crippen molar-refractivity contribution in [3.8, 4) is 0 Å². The molecule has 11 heavy (non-hydrogen) atoms. The maximum atomic E-state index is 5.67. The van der Waals surface area contributed by atoms with Gasteiger partial charge < -0.3 is 10.1 Å². The van der Waals surface area contributed by atoms with Crippen LogP contribution in [0.4, 0.5) is 0 Å². The second-order valence-corrected chi connectivity index (χ2v) is 3.11. The van der Waals surface area contributed by atoms with E-state index in [1.165, 1.54) is 6.42 Å². The van der Waals surface area contributed by atoms with Crippen LogP contribution < -0.4 is 5.32 Å². The molecule has 1 heterocycles. The molecule has 3 atom stereocenters. The van der Waals surface area contributed by atoms with E-state index in [1.807, 2.05) is 13.1 Å². The number of hydrogen-bond donors (Lipinski definition) is 1. The lowest BCUT2D eigenvalue weighted by Gasteiger charge is -2.19. The third-order valence-electron chi connectivity index (χ3n) is 2.25. The summed E-state index contributed by atoms with van der Waals surface area (Å²) < 4.78 is 5.67. The molecule has 1 aliphatic rings. The maximum absolute atomic E-state index is 5.67. The van der Waals surface area contributed by atoms with E-state index in [4.69, 9.17) is 4.74 Å². The first-order valence-electron chi connectivity index (χ1n) is 4.23. The van der Waals surface area contributed by atoms with Crippen molar-refractivity contribution in [2.75, 3.05) is 7.05 Å². The zero-order valence-corrected chi connectivity index (χ0v) is 7.34. The minimum absolute atomic E-state index is 0.319. The highest BCUT2D eigenvalue weighted by atomic mass is 16.5. The van der Waals surface area contributed by atoms with Gasteiger partial charge in [0.1, 0.15) is 0 Å². The van der Waals surface area contributed by atoms with Crippen LogP contribution >= 0.6 is 0 Å². The van der Waals surface area contributed by atoms with Gasteiger partial charge in [-0.3, -0.25) is 0 Å². The number of hydrogen-bond acceptors (Lipinski definition) is 2. The normalized spacial score (nSPS) is 33.6. The average Bonchev–Trinajstić information content (AvgIpc) is 2.39. The Morgan fingerprint density at radius 2 is 2.36 bits per heavy atom. The van der Waals surface area contributed by atoms with E-state index in [0.717, 1.165) is 6.42 Å². The van der Waals surface area contributed by atoms with Crippen molar-refractivity contribution in [3.05, 3.63) is 12.7 Å². The van der Waals surface area contributed by atoms with E-state index in [1.54, 1.807) is 0 Å². The Balaban J connectivity index is 2.40. The summed E-state index contributed by atoms with van der Waals surface area (Å²) in [4.78, 5) is 0. The van der Waals surface area contributed by atoms with Crippen LogP contribution in [0.1, 0.15) is 19.8 Å². The van der Waals surface area contributed by atoms with Gasteiger partial charge in [-0.2, -0.15) is 0 Å². The molecule has 1 rings (SSSR count). The molecular formula is C9H17NO. The average molecular weight is 155 g/mol. The van der Waals surface area contributed by atoms with Gasteiger partial charge in [0, 0.05) is 0 Å². The zero-order chi connectivity index (χ0) is 8.27. The smallest absolute Gasteiger partial charge is 0.0768 e. The zero-order valence-electron chi connectivity index (χ0n) is 7.34. The Morgan fingerprint density at radius 3 is 2.73 bits per heavy atom. The minimum Gasteiger partial charge on any atom is -0.373 e. The van der Waals surface area contributed by atoms with Crippen LogP contribution in [0.3, 0.4) is 0 Å². The summed E-state index contributed by atoms with van der Waals surface area (Å²) in [5, 5.41) is 3.17. The van der Waals surface area contributed by atoms with Crippen molar-refractivity contribution in [1.29, 1.82) is 0 Å². The molecule has 0 saturated carbocycles. The summed E-state index contributed by atoms with van der Waals surface area (Å²) in [6.07, 6.45) is 5.02. The number of likely N-dealkylation sites (N-methyl/N-ethyl adjacent to an activating group) is 1. The highest BCUT2D eigenvalue weighted by molar-refractivity contribution is 4.93. The SMILES string of the molecule is C=CC(NC)C1CCC(C)O1. The molecule has 0 aromatic carbocycles. The monoisotopic (exact) mass is 155 g/mol. The van der Waals surface area contributed by atoms with Crippen LogP contribution in [0.5, 0.6) is 0 Å². The second kappa shape index (κ2) is 3.88. The van der Waals surface area contributed by atoms with E-state index in [-0.39, 0.29) is 0 Å². The molecule has 2 heteroatoms. The first kappa shape index (κ1) is 8.75. The highest BCUT2D eigenvalue weighted by Crippen LogP contribution is 2.21. The van der Waals surface area contributed by atoms with Crippen LogP contribution in [0.25, 0.3) is 0 Å². The maximum Gasteiger partial charge on any atom is 0.0768 e. The molecule has 0 aliphatic carbocycles. The molecule has 0 spiro atoms. The summed E-state index contributed by atoms with van der Waals surface area (Å²) in [6, 6.07) is 0.319. The van der Waals surface area contributed by atoms with E-state index in [2.05, 4.69) is 18.8 Å². The summed E-state index contributed by atoms with van der Waals surface area (Å²) in [6.45, 7) is 5.88. The largest absolute Gasteiger partial charge is 0.373 e. The van der Waals surface area contributed by atoms with E-state index < -0.39 is 0 Å². The molecule has 1 aliphatic heterocycles. The van der Waals surface area contributed by atoms with E-state index in [9.17, 15) is 0 Å². The van der Waals surface area contributed by atoms with Gasteiger partial charge in [0.15, 0.2) is 0 Å². The van der Waals surface area contributed by atoms with Gasteiger partial charge >= 0.3 is 0 Å². The van der Waals surface area contributed by atoms with Crippen LogP contribution in [-0.2, 0) is 4.74 Å². The lowest BCUT2D eigenvalue weighted by atomic mass is 10.1. The standard InChI is InChI=1S/C9H17NO/c1-4-8(10-3)9-6-5-7(2)11-9/h4,7-10H,1,5-6H2,2-3H3. The minimum atomic E-state index is 0.319. The number of nitrogens with one attached hydrogen (secondary N) is 1. The molecular weight excluding hydrogens is 138 g/mol. The van der Waals surface area contributed by atoms with Crippen molar-refractivity contribution in [2.24, 2.45) is 0 Å². The molecule has 64 valence electrons. The summed E-state index contributed by atoms with van der Waals surface area (Å²) in [5.74, 6) is 0. The molecule has 3 unspecified atom stereocenters. The fourth-order valence-electron chi connectivity index (χ4n) is 1.55. The van der Waals surface area contributed by atoms with Crippen LogP contribution in [0.2, 0.25) is 0 Å². The Morgan fingerprint density at radius 1 is 1.64 bits per heavy atom. The molecule has 0 amide bonds. The van der Waals surface area contributed by atoms with Gasteiger partial charge in [-0.05, 0) is 26.8 Å². The number of ether oxygens (including phenoxy) is 1. The summed E-state index contributed by atoms with van der Waals surface area (Å²) in [5.41, 5.74) is 0. The fraction of sp³-hybridized carbons (Fsp3) is 0.778. The van der Waals surface area contributed by atoms with Crippen LogP contribution in [-0.4, -0.2) is 25.3 Å². The second-order valence-electron chi connectivity index (χ2n) is 3.11. The third-order valence-corrected chi connectivity index (χ3v) is 2.25. The topological polar surface area (TPSA) is 21.3 Å². The van der Waals surface area contributed by atoms with Gasteiger partial charge in [0.05, 0.1) is 18.2 Å². The highest BCUT2D eigenvalue weighted by Gasteiger charge is 2.26. The van der Waals surface area contributed by atoms with Crippen molar-refractivity contribution < 1.29 is 4.74 Å². The quantitative estimate of drug-likeness (QED) is 0.621. The van der Waals surface area contributed by atoms with Gasteiger partial charge in [-0.25, -0.2) is 0 Å². The number of rotatable bonds is 3. The molecule has 0 aromatic rings. The molecule has 0 bridgehead atoms. The predicted molar refractivity (Wildman–Crippen MR) is 46.6 cm³/mol. The van der Waals surface area contributed by atoms with Crippen LogP contribution in [0.15, 0.2) is 12.7 Å². The molecule has 0 radical (unpaired) electrons. The van der Waals surface area contributed by atoms with E-state index in [0.29, 0.717) is 18.2 Å². The summed E-state index contributed by atoms with van der Waals surface area (Å²) in [7, 11) is 1.94. The van der Waals surface area contributed by atoms with E-state index >= 15 is 0 Å². The Kier molecular flexibility index (Phi) is 3.09. The van der Waals surface area contributed by atoms with Crippen molar-refractivity contribution in [2.45, 2.75) is 38.0 Å². The molecule has 1 fully saturated rings. The molecule has 2 nitrogen and oxygen atoms in total. The first-order chi connectivity index (χ1) is 5.27. The molecule has 1 saturated heterocycles. The van der Waals surface area contributed by atoms with Gasteiger partial charge in [0.2, 0.25) is 0 Å². The van der Waals surface area contributed by atoms with Crippen molar-refractivity contribution in [1.82, 2.24) is 5.32 Å². The summed E-state index contributed by atoms with van der Waals surface area (Å²) >= 11 is 0. The fourth-order valence-corrected chi connectivity index (χ4v) is 1.55. The van der Waals surface area contributed by atoms with Gasteiger partial charge in [-0.15, -0.1) is 6.58 Å². The van der Waals surface area contributed by atoms with Crippen molar-refractivity contribution >= 4 is 0 Å². The molecule has 1 N–H and O–H groups in total. The predicted octanol–water partition coefficient (Wildman–Crippen LogP) is 1.33. The Bertz CT molecular complexity index is 136. The van der Waals surface area contributed by atoms with Gasteiger partial charge in [-0.1, -0.05) is 6.08 Å². The lowest BCUT2D eigenvalue weighted by Crippen LogP contribution is -2.35. The third kappa shape index (κ3) is 2.04.